The second kappa shape index (κ2) is 9.21. The van der Waals surface area contributed by atoms with Gasteiger partial charge in [0.25, 0.3) is 5.91 Å². The summed E-state index contributed by atoms with van der Waals surface area (Å²) in [6.07, 6.45) is 0.772. The molecule has 1 saturated carbocycles. The molecule has 2 N–H and O–H groups in total. The fourth-order valence-corrected chi connectivity index (χ4v) is 3.29. The van der Waals surface area contributed by atoms with Gasteiger partial charge in [-0.15, -0.1) is 0 Å². The van der Waals surface area contributed by atoms with Crippen molar-refractivity contribution in [3.05, 3.63) is 47.5 Å². The second-order valence-electron chi connectivity index (χ2n) is 6.79. The Bertz CT molecular complexity index is 616. The Labute approximate surface area is 153 Å². The van der Waals surface area contributed by atoms with E-state index in [-0.39, 0.29) is 17.5 Å². The topological polar surface area (TPSA) is 41.1 Å². The lowest BCUT2D eigenvalue weighted by Crippen LogP contribution is -2.43. The van der Waals surface area contributed by atoms with Crippen LogP contribution in [0.25, 0.3) is 0 Å². The van der Waals surface area contributed by atoms with Crippen molar-refractivity contribution in [2.45, 2.75) is 51.2 Å². The van der Waals surface area contributed by atoms with Gasteiger partial charge in [0.15, 0.2) is 0 Å². The minimum atomic E-state index is -4.53. The van der Waals surface area contributed by atoms with Crippen LogP contribution in [0.5, 0.6) is 0 Å². The predicted molar refractivity (Wildman–Crippen MR) is 97.0 cm³/mol. The number of carbonyl (C=O) groups excluding carboxylic acids is 1. The Balaban J connectivity index is 0.000000417. The number of hydrogen-bond donors (Lipinski definition) is 2. The second-order valence-corrected chi connectivity index (χ2v) is 6.79. The van der Waals surface area contributed by atoms with Crippen molar-refractivity contribution < 1.29 is 18.0 Å². The number of alkyl halides is 3. The lowest BCUT2D eigenvalue weighted by atomic mass is 9.74. The lowest BCUT2D eigenvalue weighted by molar-refractivity contribution is -0.137. The van der Waals surface area contributed by atoms with E-state index in [9.17, 15) is 18.0 Å². The fourth-order valence-electron chi connectivity index (χ4n) is 3.29. The van der Waals surface area contributed by atoms with Gasteiger partial charge in [0.05, 0.1) is 11.1 Å². The predicted octanol–water partition coefficient (Wildman–Crippen LogP) is 4.55. The Morgan fingerprint density at radius 3 is 2.38 bits per heavy atom. The van der Waals surface area contributed by atoms with E-state index in [1.807, 2.05) is 6.92 Å². The first-order valence-corrected chi connectivity index (χ1v) is 9.20. The molecule has 1 aliphatic carbocycles. The zero-order chi connectivity index (χ0) is 19.2. The van der Waals surface area contributed by atoms with Crippen molar-refractivity contribution in [1.29, 1.82) is 0 Å². The molecule has 0 aromatic heterocycles. The highest BCUT2D eigenvalue weighted by atomic mass is 19.4. The summed E-state index contributed by atoms with van der Waals surface area (Å²) in [6.45, 7) is 8.33. The molecule has 1 aromatic rings. The summed E-state index contributed by atoms with van der Waals surface area (Å²) in [6, 6.07) is 4.71. The summed E-state index contributed by atoms with van der Waals surface area (Å²) in [4.78, 5) is 12.2. The van der Waals surface area contributed by atoms with Gasteiger partial charge in [-0.05, 0) is 57.3 Å². The van der Waals surface area contributed by atoms with Gasteiger partial charge in [0, 0.05) is 12.0 Å². The highest BCUT2D eigenvalue weighted by Crippen LogP contribution is 2.36. The summed E-state index contributed by atoms with van der Waals surface area (Å²) in [5, 5.41) is 5.95. The molecule has 2 aliphatic rings. The third kappa shape index (κ3) is 5.34. The Morgan fingerprint density at radius 2 is 1.96 bits per heavy atom. The average molecular weight is 368 g/mol. The maximum atomic E-state index is 12.9. The SMILES string of the molecule is C1CCNC1.C=C1CCC1C(CC)NC(=O)c1ccccc1C(F)(F)F. The summed E-state index contributed by atoms with van der Waals surface area (Å²) < 4.78 is 38.8. The molecule has 2 fully saturated rings. The van der Waals surface area contributed by atoms with E-state index in [1.54, 1.807) is 0 Å². The summed E-state index contributed by atoms with van der Waals surface area (Å²) in [7, 11) is 0. The molecule has 3 nitrogen and oxygen atoms in total. The molecular formula is C20H27F3N2O. The molecule has 0 spiro atoms. The van der Waals surface area contributed by atoms with E-state index >= 15 is 0 Å². The van der Waals surface area contributed by atoms with Crippen LogP contribution in [0.1, 0.15) is 54.9 Å². The Kier molecular flexibility index (Phi) is 7.26. The van der Waals surface area contributed by atoms with E-state index in [2.05, 4.69) is 17.2 Å². The van der Waals surface area contributed by atoms with Crippen molar-refractivity contribution in [2.75, 3.05) is 13.1 Å². The average Bonchev–Trinajstić information content (AvgIpc) is 3.18. The molecule has 2 atom stereocenters. The van der Waals surface area contributed by atoms with Gasteiger partial charge < -0.3 is 10.6 Å². The fraction of sp³-hybridized carbons (Fsp3) is 0.550. The van der Waals surface area contributed by atoms with Crippen LogP contribution >= 0.6 is 0 Å². The summed E-state index contributed by atoms with van der Waals surface area (Å²) >= 11 is 0. The number of nitrogens with one attached hydrogen (secondary N) is 2. The van der Waals surface area contributed by atoms with Gasteiger partial charge in [0.1, 0.15) is 0 Å². The quantitative estimate of drug-likeness (QED) is 0.766. The molecule has 26 heavy (non-hydrogen) atoms. The van der Waals surface area contributed by atoms with Crippen molar-refractivity contribution >= 4 is 5.91 Å². The first kappa shape index (κ1) is 20.5. The molecule has 0 bridgehead atoms. The van der Waals surface area contributed by atoms with Crippen molar-refractivity contribution in [1.82, 2.24) is 10.6 Å². The van der Waals surface area contributed by atoms with Crippen molar-refractivity contribution in [3.8, 4) is 0 Å². The molecule has 3 rings (SSSR count). The smallest absolute Gasteiger partial charge is 0.349 e. The highest BCUT2D eigenvalue weighted by Gasteiger charge is 2.36. The Hall–Kier alpha value is -1.82. The van der Waals surface area contributed by atoms with Gasteiger partial charge in [-0.1, -0.05) is 31.2 Å². The van der Waals surface area contributed by atoms with Crippen LogP contribution < -0.4 is 10.6 Å². The van der Waals surface area contributed by atoms with Gasteiger partial charge in [-0.3, -0.25) is 4.79 Å². The number of halogens is 3. The third-order valence-corrected chi connectivity index (χ3v) is 4.98. The summed E-state index contributed by atoms with van der Waals surface area (Å²) in [5.41, 5.74) is -0.163. The van der Waals surface area contributed by atoms with Crippen LogP contribution in [-0.2, 0) is 6.18 Å². The van der Waals surface area contributed by atoms with Crippen molar-refractivity contribution in [3.63, 3.8) is 0 Å². The maximum Gasteiger partial charge on any atom is 0.417 e. The molecule has 1 heterocycles. The highest BCUT2D eigenvalue weighted by molar-refractivity contribution is 5.96. The number of carbonyl (C=O) groups is 1. The molecule has 1 aromatic carbocycles. The van der Waals surface area contributed by atoms with E-state index in [4.69, 9.17) is 0 Å². The zero-order valence-corrected chi connectivity index (χ0v) is 15.2. The Morgan fingerprint density at radius 1 is 1.31 bits per heavy atom. The van der Waals surface area contributed by atoms with Crippen LogP contribution in [0.3, 0.4) is 0 Å². The number of amides is 1. The molecule has 1 aliphatic heterocycles. The van der Waals surface area contributed by atoms with E-state index in [0.717, 1.165) is 24.5 Å². The third-order valence-electron chi connectivity index (χ3n) is 4.98. The van der Waals surface area contributed by atoms with Gasteiger partial charge in [-0.2, -0.15) is 13.2 Å². The van der Waals surface area contributed by atoms with Crippen LogP contribution in [-0.4, -0.2) is 25.0 Å². The normalized spacial score (nSPS) is 20.6. The molecular weight excluding hydrogens is 341 g/mol. The molecule has 1 saturated heterocycles. The number of rotatable bonds is 4. The van der Waals surface area contributed by atoms with Gasteiger partial charge in [-0.25, -0.2) is 0 Å². The standard InChI is InChI=1S/C16H18F3NO.C4H9N/c1-3-14(11-9-8-10(11)2)20-15(21)12-6-4-5-7-13(12)16(17,18)19;1-2-4-5-3-1/h4-7,11,14H,2-3,8-9H2,1H3,(H,20,21);5H,1-4H2. The van der Waals surface area contributed by atoms with Crippen LogP contribution in [0, 0.1) is 5.92 Å². The summed E-state index contributed by atoms with van der Waals surface area (Å²) in [5.74, 6) is -0.494. The van der Waals surface area contributed by atoms with Crippen molar-refractivity contribution in [2.24, 2.45) is 5.92 Å². The lowest BCUT2D eigenvalue weighted by Gasteiger charge is -2.36. The van der Waals surface area contributed by atoms with E-state index < -0.39 is 17.6 Å². The van der Waals surface area contributed by atoms with E-state index in [0.29, 0.717) is 6.42 Å². The number of hydrogen-bond acceptors (Lipinski definition) is 2. The monoisotopic (exact) mass is 368 g/mol. The van der Waals surface area contributed by atoms with Crippen LogP contribution in [0.15, 0.2) is 36.4 Å². The first-order valence-electron chi connectivity index (χ1n) is 9.20. The molecule has 6 heteroatoms. The minimum absolute atomic E-state index is 0.153. The zero-order valence-electron chi connectivity index (χ0n) is 15.2. The molecule has 2 unspecified atom stereocenters. The molecule has 144 valence electrons. The van der Waals surface area contributed by atoms with Crippen LogP contribution in [0.4, 0.5) is 13.2 Å². The molecule has 1 amide bonds. The van der Waals surface area contributed by atoms with Crippen LogP contribution in [0.2, 0.25) is 0 Å². The van der Waals surface area contributed by atoms with E-state index in [1.165, 1.54) is 44.1 Å². The van der Waals surface area contributed by atoms with Gasteiger partial charge in [0.2, 0.25) is 0 Å². The number of benzene rings is 1. The largest absolute Gasteiger partial charge is 0.417 e. The first-order chi connectivity index (χ1) is 12.3. The maximum absolute atomic E-state index is 12.9. The minimum Gasteiger partial charge on any atom is -0.349 e. The van der Waals surface area contributed by atoms with Gasteiger partial charge >= 0.3 is 6.18 Å². The molecule has 0 radical (unpaired) electrons.